The summed E-state index contributed by atoms with van der Waals surface area (Å²) in [6, 6.07) is 13.7. The molecule has 10 heteroatoms. The molecule has 0 unspecified atom stereocenters. The van der Waals surface area contributed by atoms with Crippen LogP contribution in [0, 0.1) is 0 Å². The van der Waals surface area contributed by atoms with Crippen LogP contribution in [-0.2, 0) is 4.84 Å². The molecule has 28 heavy (non-hydrogen) atoms. The van der Waals surface area contributed by atoms with Crippen LogP contribution in [0.5, 0.6) is 0 Å². The molecule has 0 radical (unpaired) electrons. The first-order valence-electron chi connectivity index (χ1n) is 7.83. The third kappa shape index (κ3) is 5.59. The molecule has 0 saturated carbocycles. The predicted octanol–water partition coefficient (Wildman–Crippen LogP) is 4.80. The van der Waals surface area contributed by atoms with Gasteiger partial charge in [-0.25, -0.2) is 14.8 Å². The van der Waals surface area contributed by atoms with Crippen molar-refractivity contribution < 1.29 is 9.63 Å². The number of carbonyl (C=O) groups excluding carboxylic acids is 1. The van der Waals surface area contributed by atoms with Gasteiger partial charge in [0.25, 0.3) is 0 Å². The Morgan fingerprint density at radius 3 is 2.29 bits per heavy atom. The van der Waals surface area contributed by atoms with Crippen LogP contribution in [0.15, 0.2) is 76.0 Å². The first-order valence-corrected chi connectivity index (χ1v) is 9.40. The number of nitrogens with zero attached hydrogens (tertiary/aromatic N) is 3. The molecule has 2 aromatic carbocycles. The van der Waals surface area contributed by atoms with Gasteiger partial charge < -0.3 is 5.73 Å². The monoisotopic (exact) mass is 433 g/mol. The van der Waals surface area contributed by atoms with E-state index in [-0.39, 0.29) is 5.84 Å². The molecule has 0 fully saturated rings. The fraction of sp³-hybridized carbons (Fsp3) is 0. The Morgan fingerprint density at radius 1 is 1.00 bits per heavy atom. The molecule has 1 aromatic heterocycles. The van der Waals surface area contributed by atoms with Gasteiger partial charge in [0.2, 0.25) is 0 Å². The molecule has 1 heterocycles. The van der Waals surface area contributed by atoms with Crippen LogP contribution in [0.25, 0.3) is 0 Å². The highest BCUT2D eigenvalue weighted by Crippen LogP contribution is 2.28. The van der Waals surface area contributed by atoms with Gasteiger partial charge in [0, 0.05) is 33.0 Å². The second kappa shape index (κ2) is 9.41. The van der Waals surface area contributed by atoms with Gasteiger partial charge in [0.05, 0.1) is 0 Å². The van der Waals surface area contributed by atoms with Gasteiger partial charge in [-0.3, -0.25) is 10.2 Å². The number of anilines is 1. The highest BCUT2D eigenvalue weighted by molar-refractivity contribution is 7.99. The lowest BCUT2D eigenvalue weighted by Gasteiger charge is -2.07. The average molecular weight is 434 g/mol. The number of nitrogens with one attached hydrogen (secondary N) is 1. The van der Waals surface area contributed by atoms with Crippen molar-refractivity contribution in [3.8, 4) is 0 Å². The summed E-state index contributed by atoms with van der Waals surface area (Å²) < 4.78 is 0. The van der Waals surface area contributed by atoms with Crippen LogP contribution in [0.3, 0.4) is 0 Å². The van der Waals surface area contributed by atoms with Crippen molar-refractivity contribution in [2.24, 2.45) is 10.9 Å². The van der Waals surface area contributed by atoms with Gasteiger partial charge in [-0.1, -0.05) is 40.1 Å². The van der Waals surface area contributed by atoms with Gasteiger partial charge in [0.1, 0.15) is 10.7 Å². The van der Waals surface area contributed by atoms with Crippen LogP contribution in [-0.4, -0.2) is 21.9 Å². The molecule has 3 aromatic rings. The van der Waals surface area contributed by atoms with Crippen LogP contribution < -0.4 is 11.1 Å². The minimum Gasteiger partial charge on any atom is -0.379 e. The molecule has 0 atom stereocenters. The van der Waals surface area contributed by atoms with E-state index < -0.39 is 6.09 Å². The zero-order valence-electron chi connectivity index (χ0n) is 14.2. The number of oxime groups is 1. The third-order valence-electron chi connectivity index (χ3n) is 3.25. The highest BCUT2D eigenvalue weighted by Gasteiger charge is 2.13. The van der Waals surface area contributed by atoms with Crippen molar-refractivity contribution in [3.05, 3.63) is 76.7 Å². The van der Waals surface area contributed by atoms with Crippen LogP contribution in [0.4, 0.5) is 10.5 Å². The fourth-order valence-corrected chi connectivity index (χ4v) is 3.11. The molecule has 0 aliphatic rings. The quantitative estimate of drug-likeness (QED) is 0.259. The number of aromatic nitrogens is 2. The Labute approximate surface area is 174 Å². The number of rotatable bonds is 5. The maximum atomic E-state index is 11.9. The normalized spacial score (nSPS) is 11.1. The number of nitrogens with two attached hydrogens (primary N) is 1. The summed E-state index contributed by atoms with van der Waals surface area (Å²) in [6.07, 6.45) is 2.20. The molecular weight excluding hydrogens is 421 g/mol. The average Bonchev–Trinajstić information content (AvgIpc) is 2.70. The van der Waals surface area contributed by atoms with E-state index >= 15 is 0 Å². The van der Waals surface area contributed by atoms with Gasteiger partial charge in [0.15, 0.2) is 5.84 Å². The van der Waals surface area contributed by atoms with Crippen molar-refractivity contribution in [2.75, 3.05) is 5.32 Å². The van der Waals surface area contributed by atoms with Crippen LogP contribution in [0.1, 0.15) is 5.69 Å². The molecular formula is C18H13Cl2N5O2S. The minimum atomic E-state index is -0.805. The summed E-state index contributed by atoms with van der Waals surface area (Å²) in [6.45, 7) is 0. The summed E-state index contributed by atoms with van der Waals surface area (Å²) in [5.41, 5.74) is 6.72. The summed E-state index contributed by atoms with van der Waals surface area (Å²) in [5, 5.41) is 7.83. The van der Waals surface area contributed by atoms with Crippen molar-refractivity contribution in [3.63, 3.8) is 0 Å². The standard InChI is InChI=1S/C18H13Cl2N5O2S/c19-11-1-5-13(6-2-11)24-18(26)27-25-16(21)15-17(23-10-9-22-15)28-14-7-3-12(20)4-8-14/h1-10H,(H2,21,25)(H,24,26). The van der Waals surface area contributed by atoms with E-state index in [1.165, 1.54) is 24.2 Å². The van der Waals surface area contributed by atoms with E-state index in [2.05, 4.69) is 20.4 Å². The van der Waals surface area contributed by atoms with Crippen LogP contribution in [0.2, 0.25) is 10.0 Å². The molecule has 0 spiro atoms. The minimum absolute atomic E-state index is 0.0872. The number of hydrogen-bond donors (Lipinski definition) is 2. The van der Waals surface area contributed by atoms with Crippen molar-refractivity contribution in [2.45, 2.75) is 9.92 Å². The summed E-state index contributed by atoms with van der Waals surface area (Å²) in [5.74, 6) is -0.0872. The van der Waals surface area contributed by atoms with Crippen molar-refractivity contribution in [1.29, 1.82) is 0 Å². The zero-order chi connectivity index (χ0) is 19.9. The highest BCUT2D eigenvalue weighted by atomic mass is 35.5. The van der Waals surface area contributed by atoms with Crippen LogP contribution >= 0.6 is 35.0 Å². The molecule has 142 valence electrons. The molecule has 3 rings (SSSR count). The van der Waals surface area contributed by atoms with E-state index in [1.807, 2.05) is 12.1 Å². The summed E-state index contributed by atoms with van der Waals surface area (Å²) >= 11 is 13.0. The fourth-order valence-electron chi connectivity index (χ4n) is 2.00. The Morgan fingerprint density at radius 2 is 1.61 bits per heavy atom. The van der Waals surface area contributed by atoms with E-state index in [9.17, 15) is 4.79 Å². The number of hydrogen-bond acceptors (Lipinski definition) is 6. The summed E-state index contributed by atoms with van der Waals surface area (Å²) in [7, 11) is 0. The Balaban J connectivity index is 1.69. The van der Waals surface area contributed by atoms with Crippen molar-refractivity contribution >= 4 is 52.6 Å². The predicted molar refractivity (Wildman–Crippen MR) is 110 cm³/mol. The largest absolute Gasteiger partial charge is 0.437 e. The Kier molecular flexibility index (Phi) is 6.70. The first kappa shape index (κ1) is 19.9. The number of amides is 1. The van der Waals surface area contributed by atoms with E-state index in [0.29, 0.717) is 26.5 Å². The molecule has 0 bridgehead atoms. The lowest BCUT2D eigenvalue weighted by atomic mass is 10.3. The van der Waals surface area contributed by atoms with Gasteiger partial charge >= 0.3 is 6.09 Å². The zero-order valence-corrected chi connectivity index (χ0v) is 16.5. The lowest BCUT2D eigenvalue weighted by molar-refractivity contribution is 0.166. The molecule has 7 nitrogen and oxygen atoms in total. The molecule has 0 aliphatic carbocycles. The topological polar surface area (TPSA) is 102 Å². The van der Waals surface area contributed by atoms with E-state index in [4.69, 9.17) is 33.8 Å². The van der Waals surface area contributed by atoms with E-state index in [0.717, 1.165) is 4.90 Å². The number of benzene rings is 2. The maximum absolute atomic E-state index is 11.9. The SMILES string of the molecule is N/C(=N/OC(=O)Nc1ccc(Cl)cc1)c1nccnc1Sc1ccc(Cl)cc1. The Hall–Kier alpha value is -2.81. The molecule has 1 amide bonds. The number of amidine groups is 1. The first-order chi connectivity index (χ1) is 13.5. The molecule has 0 aliphatic heterocycles. The Bertz CT molecular complexity index is 998. The molecule has 0 saturated heterocycles. The number of halogens is 2. The third-order valence-corrected chi connectivity index (χ3v) is 4.76. The second-order valence-electron chi connectivity index (χ2n) is 5.25. The maximum Gasteiger partial charge on any atom is 0.437 e. The summed E-state index contributed by atoms with van der Waals surface area (Å²) in [4.78, 5) is 26.0. The van der Waals surface area contributed by atoms with Gasteiger partial charge in [-0.15, -0.1) is 0 Å². The van der Waals surface area contributed by atoms with Gasteiger partial charge in [-0.05, 0) is 48.5 Å². The van der Waals surface area contributed by atoms with E-state index in [1.54, 1.807) is 36.4 Å². The van der Waals surface area contributed by atoms with Gasteiger partial charge in [-0.2, -0.15) is 0 Å². The molecule has 3 N–H and O–H groups in total. The second-order valence-corrected chi connectivity index (χ2v) is 7.19. The van der Waals surface area contributed by atoms with Crippen molar-refractivity contribution in [1.82, 2.24) is 9.97 Å². The lowest BCUT2D eigenvalue weighted by Crippen LogP contribution is -2.19. The smallest absolute Gasteiger partial charge is 0.379 e. The number of carbonyl (C=O) groups is 1.